The summed E-state index contributed by atoms with van der Waals surface area (Å²) >= 11 is 0. The number of hydrogen-bond donors (Lipinski definition) is 2. The Morgan fingerprint density at radius 3 is 2.64 bits per heavy atom. The fraction of sp³-hybridized carbons (Fsp3) is 0.417. The Morgan fingerprint density at radius 2 is 1.88 bits per heavy atom. The summed E-state index contributed by atoms with van der Waals surface area (Å²) < 4.78 is 33.5. The molecule has 2 N–H and O–H groups in total. The largest absolute Gasteiger partial charge is 0.497 e. The van der Waals surface area contributed by atoms with Gasteiger partial charge in [0, 0.05) is 30.9 Å². The monoisotopic (exact) mass is 473 g/mol. The van der Waals surface area contributed by atoms with Gasteiger partial charge in [-0.25, -0.2) is 8.42 Å². The normalized spacial score (nSPS) is 16.8. The molecule has 0 spiro atoms. The molecule has 0 bridgehead atoms. The van der Waals surface area contributed by atoms with Crippen molar-refractivity contribution in [2.24, 2.45) is 0 Å². The van der Waals surface area contributed by atoms with E-state index in [0.717, 1.165) is 24.8 Å². The molecule has 1 aliphatic rings. The van der Waals surface area contributed by atoms with Gasteiger partial charge in [-0.2, -0.15) is 4.31 Å². The molecule has 0 aromatic heterocycles. The number of sulfonamides is 1. The van der Waals surface area contributed by atoms with E-state index in [-0.39, 0.29) is 12.6 Å². The SMILES string of the molecule is COc1cccc(NC(=O)C(=O)NCC[C@H]2CCCCN2S(=O)(=O)c2cc(C)ccc2C)c1. The highest BCUT2D eigenvalue weighted by Crippen LogP contribution is 2.29. The third kappa shape index (κ3) is 6.11. The molecule has 1 fully saturated rings. The molecule has 2 aromatic carbocycles. The van der Waals surface area contributed by atoms with Gasteiger partial charge < -0.3 is 15.4 Å². The van der Waals surface area contributed by atoms with Crippen LogP contribution in [0.15, 0.2) is 47.4 Å². The Hall–Kier alpha value is -2.91. The van der Waals surface area contributed by atoms with E-state index in [1.165, 1.54) is 7.11 Å². The first-order chi connectivity index (χ1) is 15.7. The van der Waals surface area contributed by atoms with Crippen LogP contribution in [-0.4, -0.2) is 50.8 Å². The predicted octanol–water partition coefficient (Wildman–Crippen LogP) is 3.00. The van der Waals surface area contributed by atoms with Crippen molar-refractivity contribution in [1.29, 1.82) is 0 Å². The minimum Gasteiger partial charge on any atom is -0.497 e. The molecule has 1 heterocycles. The number of nitrogens with one attached hydrogen (secondary N) is 2. The van der Waals surface area contributed by atoms with Crippen LogP contribution >= 0.6 is 0 Å². The van der Waals surface area contributed by atoms with Gasteiger partial charge in [0.25, 0.3) is 0 Å². The maximum absolute atomic E-state index is 13.4. The third-order valence-corrected chi connectivity index (χ3v) is 7.89. The van der Waals surface area contributed by atoms with Crippen molar-refractivity contribution in [2.75, 3.05) is 25.5 Å². The van der Waals surface area contributed by atoms with Gasteiger partial charge in [0.1, 0.15) is 5.75 Å². The van der Waals surface area contributed by atoms with E-state index >= 15 is 0 Å². The van der Waals surface area contributed by atoms with Gasteiger partial charge in [-0.05, 0) is 62.4 Å². The molecular weight excluding hydrogens is 442 g/mol. The average molecular weight is 474 g/mol. The van der Waals surface area contributed by atoms with E-state index in [2.05, 4.69) is 10.6 Å². The third-order valence-electron chi connectivity index (χ3n) is 5.80. The van der Waals surface area contributed by atoms with Crippen molar-refractivity contribution >= 4 is 27.5 Å². The van der Waals surface area contributed by atoms with E-state index in [9.17, 15) is 18.0 Å². The molecule has 33 heavy (non-hydrogen) atoms. The fourth-order valence-electron chi connectivity index (χ4n) is 4.01. The molecule has 1 saturated heterocycles. The lowest BCUT2D eigenvalue weighted by molar-refractivity contribution is -0.136. The van der Waals surface area contributed by atoms with E-state index in [1.54, 1.807) is 41.6 Å². The van der Waals surface area contributed by atoms with Crippen molar-refractivity contribution in [3.05, 3.63) is 53.6 Å². The number of piperidine rings is 1. The van der Waals surface area contributed by atoms with Crippen molar-refractivity contribution in [3.8, 4) is 5.75 Å². The summed E-state index contributed by atoms with van der Waals surface area (Å²) in [6, 6.07) is 11.9. The van der Waals surface area contributed by atoms with Gasteiger partial charge in [-0.3, -0.25) is 9.59 Å². The summed E-state index contributed by atoms with van der Waals surface area (Å²) in [6.07, 6.45) is 2.88. The Kier molecular flexibility index (Phi) is 8.10. The van der Waals surface area contributed by atoms with Crippen molar-refractivity contribution < 1.29 is 22.7 Å². The lowest BCUT2D eigenvalue weighted by Gasteiger charge is -2.35. The molecule has 1 atom stereocenters. The van der Waals surface area contributed by atoms with Crippen molar-refractivity contribution in [3.63, 3.8) is 0 Å². The zero-order valence-electron chi connectivity index (χ0n) is 19.3. The molecule has 9 heteroatoms. The molecule has 178 valence electrons. The molecule has 2 aromatic rings. The zero-order valence-corrected chi connectivity index (χ0v) is 20.1. The summed E-state index contributed by atoms with van der Waals surface area (Å²) in [5.74, 6) is -0.986. The van der Waals surface area contributed by atoms with Gasteiger partial charge in [0.2, 0.25) is 10.0 Å². The second-order valence-electron chi connectivity index (χ2n) is 8.26. The summed E-state index contributed by atoms with van der Waals surface area (Å²) in [5, 5.41) is 5.14. The van der Waals surface area contributed by atoms with E-state index < -0.39 is 21.8 Å². The zero-order chi connectivity index (χ0) is 24.0. The first kappa shape index (κ1) is 24.7. The molecule has 2 amide bonds. The number of carbonyl (C=O) groups excluding carboxylic acids is 2. The number of rotatable bonds is 7. The molecule has 3 rings (SSSR count). The molecule has 0 aliphatic carbocycles. The molecule has 1 aliphatic heterocycles. The van der Waals surface area contributed by atoms with Gasteiger partial charge >= 0.3 is 11.8 Å². The van der Waals surface area contributed by atoms with Crippen LogP contribution in [-0.2, 0) is 19.6 Å². The Labute approximate surface area is 195 Å². The minimum atomic E-state index is -3.65. The van der Waals surface area contributed by atoms with Gasteiger partial charge in [-0.15, -0.1) is 0 Å². The molecular formula is C24H31N3O5S. The van der Waals surface area contributed by atoms with E-state index in [1.807, 2.05) is 19.1 Å². The quantitative estimate of drug-likeness (QED) is 0.602. The van der Waals surface area contributed by atoms with Crippen molar-refractivity contribution in [1.82, 2.24) is 9.62 Å². The topological polar surface area (TPSA) is 105 Å². The smallest absolute Gasteiger partial charge is 0.313 e. The Morgan fingerprint density at radius 1 is 1.09 bits per heavy atom. The number of ether oxygens (including phenoxy) is 1. The van der Waals surface area contributed by atoms with Crippen LogP contribution in [0.25, 0.3) is 0 Å². The maximum atomic E-state index is 13.4. The number of carbonyl (C=O) groups is 2. The van der Waals surface area contributed by atoms with Crippen LogP contribution in [0.3, 0.4) is 0 Å². The van der Waals surface area contributed by atoms with Crippen LogP contribution in [0.4, 0.5) is 5.69 Å². The number of aryl methyl sites for hydroxylation is 2. The minimum absolute atomic E-state index is 0.202. The number of anilines is 1. The summed E-state index contributed by atoms with van der Waals surface area (Å²) in [4.78, 5) is 24.8. The van der Waals surface area contributed by atoms with Crippen LogP contribution in [0, 0.1) is 13.8 Å². The second-order valence-corrected chi connectivity index (χ2v) is 10.1. The van der Waals surface area contributed by atoms with Gasteiger partial charge in [-0.1, -0.05) is 24.6 Å². The highest BCUT2D eigenvalue weighted by atomic mass is 32.2. The highest BCUT2D eigenvalue weighted by molar-refractivity contribution is 7.89. The van der Waals surface area contributed by atoms with Gasteiger partial charge in [0.05, 0.1) is 12.0 Å². The average Bonchev–Trinajstić information content (AvgIpc) is 2.80. The second kappa shape index (κ2) is 10.8. The lowest BCUT2D eigenvalue weighted by atomic mass is 10.0. The van der Waals surface area contributed by atoms with Gasteiger partial charge in [0.15, 0.2) is 0 Å². The first-order valence-corrected chi connectivity index (χ1v) is 12.5. The van der Waals surface area contributed by atoms with E-state index in [4.69, 9.17) is 4.74 Å². The van der Waals surface area contributed by atoms with Crippen LogP contribution in [0.1, 0.15) is 36.8 Å². The summed E-state index contributed by atoms with van der Waals surface area (Å²) in [7, 11) is -2.13. The summed E-state index contributed by atoms with van der Waals surface area (Å²) in [5.41, 5.74) is 2.06. The number of methoxy groups -OCH3 is 1. The fourth-order valence-corrected chi connectivity index (χ4v) is 6.05. The number of amides is 2. The molecule has 0 radical (unpaired) electrons. The number of nitrogens with zero attached hydrogens (tertiary/aromatic N) is 1. The number of benzene rings is 2. The molecule has 8 nitrogen and oxygen atoms in total. The van der Waals surface area contributed by atoms with E-state index in [0.29, 0.717) is 34.9 Å². The molecule has 0 saturated carbocycles. The van der Waals surface area contributed by atoms with Crippen LogP contribution < -0.4 is 15.4 Å². The summed E-state index contributed by atoms with van der Waals surface area (Å²) in [6.45, 7) is 4.32. The Bertz CT molecular complexity index is 1120. The van der Waals surface area contributed by atoms with Crippen LogP contribution in [0.2, 0.25) is 0 Å². The standard InChI is InChI=1S/C24H31N3O5S/c1-17-10-11-18(2)22(15-17)33(30,31)27-14-5-4-8-20(27)12-13-25-23(28)24(29)26-19-7-6-9-21(16-19)32-3/h6-7,9-11,15-16,20H,4-5,8,12-14H2,1-3H3,(H,25,28)(H,26,29)/t20-/m1/s1. The molecule has 0 unspecified atom stereocenters. The first-order valence-electron chi connectivity index (χ1n) is 11.0. The van der Waals surface area contributed by atoms with Crippen LogP contribution in [0.5, 0.6) is 5.75 Å². The Balaban J connectivity index is 1.60. The number of hydrogen-bond acceptors (Lipinski definition) is 5. The highest BCUT2D eigenvalue weighted by Gasteiger charge is 2.34. The predicted molar refractivity (Wildman–Crippen MR) is 127 cm³/mol. The van der Waals surface area contributed by atoms with Crippen molar-refractivity contribution in [2.45, 2.75) is 50.5 Å². The lowest BCUT2D eigenvalue weighted by Crippen LogP contribution is -2.46. The maximum Gasteiger partial charge on any atom is 0.313 e.